The molecule has 0 N–H and O–H groups in total. The molecule has 9 heteroatoms. The van der Waals surface area contributed by atoms with Crippen LogP contribution in [-0.4, -0.2) is 61.6 Å². The minimum absolute atomic E-state index is 0.0139. The summed E-state index contributed by atoms with van der Waals surface area (Å²) in [6, 6.07) is 3.99. The van der Waals surface area contributed by atoms with Gasteiger partial charge in [0.15, 0.2) is 0 Å². The Morgan fingerprint density at radius 2 is 1.85 bits per heavy atom. The molecule has 138 valence electrons. The third-order valence-electron chi connectivity index (χ3n) is 4.69. The molecule has 1 amide bonds. The Bertz CT molecular complexity index is 796. The van der Waals surface area contributed by atoms with Crippen molar-refractivity contribution < 1.29 is 9.72 Å². The summed E-state index contributed by atoms with van der Waals surface area (Å²) in [6.45, 7) is 6.97. The van der Waals surface area contributed by atoms with E-state index in [0.717, 1.165) is 19.6 Å². The number of pyridine rings is 1. The molecule has 0 bridgehead atoms. The van der Waals surface area contributed by atoms with Crippen LogP contribution in [-0.2, 0) is 17.9 Å². The van der Waals surface area contributed by atoms with Crippen LogP contribution < -0.4 is 0 Å². The summed E-state index contributed by atoms with van der Waals surface area (Å²) in [7, 11) is 0. The van der Waals surface area contributed by atoms with Gasteiger partial charge in [0.05, 0.1) is 4.92 Å². The van der Waals surface area contributed by atoms with Gasteiger partial charge in [-0.3, -0.25) is 29.5 Å². The minimum Gasteiger partial charge on any atom is -0.339 e. The standard InChI is InChI=1S/C17H22N6O3/c1-13-17(23(25)26)14(2)22(19-13)12-16(24)21-9-7-20(8-10-21)11-15-3-5-18-6-4-15/h3-6H,7-12H2,1-2H3. The van der Waals surface area contributed by atoms with Gasteiger partial charge in [-0.2, -0.15) is 5.10 Å². The summed E-state index contributed by atoms with van der Waals surface area (Å²) in [5.74, 6) is -0.0611. The molecule has 9 nitrogen and oxygen atoms in total. The van der Waals surface area contributed by atoms with Crippen molar-refractivity contribution in [1.29, 1.82) is 0 Å². The van der Waals surface area contributed by atoms with E-state index in [9.17, 15) is 14.9 Å². The number of piperazine rings is 1. The Kier molecular flexibility index (Phi) is 5.27. The largest absolute Gasteiger partial charge is 0.339 e. The number of hydrogen-bond acceptors (Lipinski definition) is 6. The maximum atomic E-state index is 12.5. The minimum atomic E-state index is -0.448. The molecule has 0 unspecified atom stereocenters. The van der Waals surface area contributed by atoms with Crippen LogP contribution in [0.15, 0.2) is 24.5 Å². The Morgan fingerprint density at radius 1 is 1.19 bits per heavy atom. The summed E-state index contributed by atoms with van der Waals surface area (Å²) in [5, 5.41) is 15.2. The van der Waals surface area contributed by atoms with Gasteiger partial charge in [-0.15, -0.1) is 0 Å². The van der Waals surface area contributed by atoms with E-state index in [0.29, 0.717) is 24.5 Å². The van der Waals surface area contributed by atoms with Crippen LogP contribution in [0.5, 0.6) is 0 Å². The molecule has 0 aromatic carbocycles. The van der Waals surface area contributed by atoms with Gasteiger partial charge in [0.1, 0.15) is 17.9 Å². The predicted molar refractivity (Wildman–Crippen MR) is 94.4 cm³/mol. The highest BCUT2D eigenvalue weighted by Gasteiger charge is 2.26. The summed E-state index contributed by atoms with van der Waals surface area (Å²) in [4.78, 5) is 31.3. The van der Waals surface area contributed by atoms with Crippen molar-refractivity contribution in [2.24, 2.45) is 0 Å². The number of aryl methyl sites for hydroxylation is 1. The van der Waals surface area contributed by atoms with E-state index in [1.54, 1.807) is 31.1 Å². The van der Waals surface area contributed by atoms with E-state index < -0.39 is 4.92 Å². The van der Waals surface area contributed by atoms with E-state index in [-0.39, 0.29) is 18.1 Å². The molecule has 1 aliphatic rings. The maximum absolute atomic E-state index is 12.5. The summed E-state index contributed by atoms with van der Waals surface area (Å²) in [6.07, 6.45) is 3.56. The van der Waals surface area contributed by atoms with Gasteiger partial charge in [0.25, 0.3) is 0 Å². The lowest BCUT2D eigenvalue weighted by atomic mass is 10.2. The van der Waals surface area contributed by atoms with Crippen LogP contribution in [0, 0.1) is 24.0 Å². The summed E-state index contributed by atoms with van der Waals surface area (Å²) in [5.41, 5.74) is 1.94. The van der Waals surface area contributed by atoms with Crippen molar-refractivity contribution in [2.45, 2.75) is 26.9 Å². The van der Waals surface area contributed by atoms with Crippen molar-refractivity contribution in [3.05, 3.63) is 51.6 Å². The van der Waals surface area contributed by atoms with Gasteiger partial charge in [0.2, 0.25) is 5.91 Å². The van der Waals surface area contributed by atoms with Crippen molar-refractivity contribution >= 4 is 11.6 Å². The number of aromatic nitrogens is 3. The molecule has 2 aromatic rings. The van der Waals surface area contributed by atoms with Crippen LogP contribution in [0.2, 0.25) is 0 Å². The number of carbonyl (C=O) groups is 1. The third kappa shape index (κ3) is 3.88. The zero-order valence-corrected chi connectivity index (χ0v) is 15.0. The maximum Gasteiger partial charge on any atom is 0.312 e. The zero-order chi connectivity index (χ0) is 18.7. The fourth-order valence-corrected chi connectivity index (χ4v) is 3.24. The first kappa shape index (κ1) is 18.0. The highest BCUT2D eigenvalue weighted by molar-refractivity contribution is 5.76. The Balaban J connectivity index is 1.56. The fourth-order valence-electron chi connectivity index (χ4n) is 3.24. The van der Waals surface area contributed by atoms with E-state index in [1.807, 2.05) is 12.1 Å². The molecule has 0 spiro atoms. The second kappa shape index (κ2) is 7.61. The van der Waals surface area contributed by atoms with Crippen molar-refractivity contribution in [3.8, 4) is 0 Å². The van der Waals surface area contributed by atoms with Crippen LogP contribution in [0.3, 0.4) is 0 Å². The first-order chi connectivity index (χ1) is 12.5. The molecule has 1 saturated heterocycles. The van der Waals surface area contributed by atoms with Crippen LogP contribution in [0.4, 0.5) is 5.69 Å². The quantitative estimate of drug-likeness (QED) is 0.587. The van der Waals surface area contributed by atoms with Crippen molar-refractivity contribution in [3.63, 3.8) is 0 Å². The van der Waals surface area contributed by atoms with Gasteiger partial charge in [-0.25, -0.2) is 0 Å². The molecule has 1 fully saturated rings. The summed E-state index contributed by atoms with van der Waals surface area (Å²) >= 11 is 0. The van der Waals surface area contributed by atoms with E-state index in [4.69, 9.17) is 0 Å². The molecule has 0 saturated carbocycles. The lowest BCUT2D eigenvalue weighted by molar-refractivity contribution is -0.386. The molecule has 1 aliphatic heterocycles. The number of hydrogen-bond donors (Lipinski definition) is 0. The lowest BCUT2D eigenvalue weighted by Crippen LogP contribution is -2.49. The Hall–Kier alpha value is -2.81. The fraction of sp³-hybridized carbons (Fsp3) is 0.471. The second-order valence-corrected chi connectivity index (χ2v) is 6.45. The van der Waals surface area contributed by atoms with Crippen LogP contribution in [0.25, 0.3) is 0 Å². The molecular weight excluding hydrogens is 336 g/mol. The van der Waals surface area contributed by atoms with Gasteiger partial charge < -0.3 is 4.90 Å². The number of carbonyl (C=O) groups excluding carboxylic acids is 1. The average molecular weight is 358 g/mol. The molecule has 0 radical (unpaired) electrons. The van der Waals surface area contributed by atoms with E-state index in [1.165, 1.54) is 10.2 Å². The SMILES string of the molecule is Cc1nn(CC(=O)N2CCN(Cc3ccncc3)CC2)c(C)c1[N+](=O)[O-]. The molecule has 0 aliphatic carbocycles. The predicted octanol–water partition coefficient (Wildman–Crippen LogP) is 1.15. The Morgan fingerprint density at radius 3 is 2.42 bits per heavy atom. The molecule has 3 rings (SSSR count). The topological polar surface area (TPSA) is 97.4 Å². The average Bonchev–Trinajstić information content (AvgIpc) is 2.90. The van der Waals surface area contributed by atoms with Gasteiger partial charge in [0, 0.05) is 45.1 Å². The molecular formula is C17H22N6O3. The van der Waals surface area contributed by atoms with Crippen molar-refractivity contribution in [2.75, 3.05) is 26.2 Å². The number of rotatable bonds is 5. The number of nitro groups is 1. The third-order valence-corrected chi connectivity index (χ3v) is 4.69. The normalized spacial score (nSPS) is 15.2. The van der Waals surface area contributed by atoms with E-state index in [2.05, 4.69) is 15.0 Å². The van der Waals surface area contributed by atoms with E-state index >= 15 is 0 Å². The Labute approximate surface area is 151 Å². The summed E-state index contributed by atoms with van der Waals surface area (Å²) < 4.78 is 1.43. The first-order valence-corrected chi connectivity index (χ1v) is 8.53. The molecule has 0 atom stereocenters. The smallest absolute Gasteiger partial charge is 0.312 e. The molecule has 2 aromatic heterocycles. The first-order valence-electron chi connectivity index (χ1n) is 8.53. The molecule has 26 heavy (non-hydrogen) atoms. The van der Waals surface area contributed by atoms with Crippen molar-refractivity contribution in [1.82, 2.24) is 24.6 Å². The highest BCUT2D eigenvalue weighted by Crippen LogP contribution is 2.21. The van der Waals surface area contributed by atoms with Gasteiger partial charge >= 0.3 is 5.69 Å². The van der Waals surface area contributed by atoms with Gasteiger partial charge in [-0.05, 0) is 31.5 Å². The highest BCUT2D eigenvalue weighted by atomic mass is 16.6. The lowest BCUT2D eigenvalue weighted by Gasteiger charge is -2.34. The number of amides is 1. The zero-order valence-electron chi connectivity index (χ0n) is 15.0. The van der Waals surface area contributed by atoms with Crippen LogP contribution >= 0.6 is 0 Å². The monoisotopic (exact) mass is 358 g/mol. The second-order valence-electron chi connectivity index (χ2n) is 6.45. The van der Waals surface area contributed by atoms with Gasteiger partial charge in [-0.1, -0.05) is 0 Å². The molecule has 3 heterocycles. The van der Waals surface area contributed by atoms with Crippen LogP contribution in [0.1, 0.15) is 17.0 Å². The number of nitrogens with zero attached hydrogens (tertiary/aromatic N) is 6.